The summed E-state index contributed by atoms with van der Waals surface area (Å²) in [6, 6.07) is 0. The maximum atomic E-state index is 12.7. The summed E-state index contributed by atoms with van der Waals surface area (Å²) in [7, 11) is 0. The molecular formula is C9H10FNO2. The van der Waals surface area contributed by atoms with Crippen LogP contribution in [0.25, 0.3) is 0 Å². The van der Waals surface area contributed by atoms with Crippen LogP contribution in [0.2, 0.25) is 0 Å². The molecule has 0 radical (unpaired) electrons. The van der Waals surface area contributed by atoms with Gasteiger partial charge in [0.15, 0.2) is 0 Å². The fourth-order valence-electron chi connectivity index (χ4n) is 0.933. The Balaban J connectivity index is 2.63. The SMILES string of the molecule is O=C(O)/C=C/C1=NCC(F)CC=C1. The Morgan fingerprint density at radius 1 is 1.77 bits per heavy atom. The molecule has 13 heavy (non-hydrogen) atoms. The zero-order valence-corrected chi connectivity index (χ0v) is 6.98. The summed E-state index contributed by atoms with van der Waals surface area (Å²) in [6.07, 6.45) is 5.01. The monoisotopic (exact) mass is 183 g/mol. The van der Waals surface area contributed by atoms with Gasteiger partial charge in [0, 0.05) is 6.08 Å². The number of allylic oxidation sites excluding steroid dienone is 3. The molecule has 1 rings (SSSR count). The maximum Gasteiger partial charge on any atom is 0.328 e. The first-order valence-corrected chi connectivity index (χ1v) is 3.94. The summed E-state index contributed by atoms with van der Waals surface area (Å²) >= 11 is 0. The number of nitrogens with zero attached hydrogens (tertiary/aromatic N) is 1. The van der Waals surface area contributed by atoms with Gasteiger partial charge in [-0.2, -0.15) is 0 Å². The lowest BCUT2D eigenvalue weighted by Crippen LogP contribution is -2.02. The fraction of sp³-hybridized carbons (Fsp3) is 0.333. The Kier molecular flexibility index (Phi) is 3.37. The van der Waals surface area contributed by atoms with Crippen LogP contribution in [0.3, 0.4) is 0 Å². The van der Waals surface area contributed by atoms with Gasteiger partial charge in [0.2, 0.25) is 0 Å². The molecule has 0 aromatic rings. The highest BCUT2D eigenvalue weighted by atomic mass is 19.1. The van der Waals surface area contributed by atoms with Crippen LogP contribution in [-0.2, 0) is 4.79 Å². The second-order valence-electron chi connectivity index (χ2n) is 2.67. The van der Waals surface area contributed by atoms with Crippen LogP contribution in [0.15, 0.2) is 29.3 Å². The van der Waals surface area contributed by atoms with Gasteiger partial charge < -0.3 is 5.11 Å². The largest absolute Gasteiger partial charge is 0.478 e. The normalized spacial score (nSPS) is 22.8. The molecule has 4 heteroatoms. The van der Waals surface area contributed by atoms with Crippen LogP contribution in [0.1, 0.15) is 6.42 Å². The molecule has 0 amide bonds. The molecule has 0 spiro atoms. The van der Waals surface area contributed by atoms with E-state index in [1.54, 1.807) is 12.2 Å². The zero-order valence-electron chi connectivity index (χ0n) is 6.98. The molecule has 0 saturated heterocycles. The van der Waals surface area contributed by atoms with Crippen molar-refractivity contribution in [3.8, 4) is 0 Å². The first-order valence-electron chi connectivity index (χ1n) is 3.94. The van der Waals surface area contributed by atoms with E-state index in [4.69, 9.17) is 5.11 Å². The average Bonchev–Trinajstić information content (AvgIpc) is 2.27. The van der Waals surface area contributed by atoms with E-state index in [1.165, 1.54) is 6.08 Å². The molecule has 0 aromatic heterocycles. The predicted octanol–water partition coefficient (Wildman–Crippen LogP) is 1.37. The quantitative estimate of drug-likeness (QED) is 0.657. The average molecular weight is 183 g/mol. The third kappa shape index (κ3) is 3.64. The fourth-order valence-corrected chi connectivity index (χ4v) is 0.933. The van der Waals surface area contributed by atoms with E-state index in [0.717, 1.165) is 6.08 Å². The number of halogens is 1. The molecule has 1 aliphatic rings. The second-order valence-corrected chi connectivity index (χ2v) is 2.67. The lowest BCUT2D eigenvalue weighted by molar-refractivity contribution is -0.131. The molecule has 0 saturated carbocycles. The molecule has 1 unspecified atom stereocenters. The molecule has 0 fully saturated rings. The second kappa shape index (κ2) is 4.54. The molecular weight excluding hydrogens is 173 g/mol. The zero-order chi connectivity index (χ0) is 9.68. The van der Waals surface area contributed by atoms with Gasteiger partial charge in [-0.1, -0.05) is 6.08 Å². The molecule has 0 aliphatic carbocycles. The maximum absolute atomic E-state index is 12.7. The molecule has 0 bridgehead atoms. The highest BCUT2D eigenvalue weighted by Gasteiger charge is 2.05. The van der Waals surface area contributed by atoms with Gasteiger partial charge in [0.1, 0.15) is 6.17 Å². The van der Waals surface area contributed by atoms with Crippen molar-refractivity contribution in [3.05, 3.63) is 24.3 Å². The van der Waals surface area contributed by atoms with Crippen molar-refractivity contribution < 1.29 is 14.3 Å². The summed E-state index contributed by atoms with van der Waals surface area (Å²) in [6.45, 7) is 0.103. The van der Waals surface area contributed by atoms with E-state index in [1.807, 2.05) is 0 Å². The van der Waals surface area contributed by atoms with Gasteiger partial charge in [0.25, 0.3) is 0 Å². The third-order valence-electron chi connectivity index (χ3n) is 1.55. The summed E-state index contributed by atoms with van der Waals surface area (Å²) in [5.41, 5.74) is 0.502. The lowest BCUT2D eigenvalue weighted by Gasteiger charge is -1.96. The van der Waals surface area contributed by atoms with E-state index < -0.39 is 12.1 Å². The molecule has 1 aliphatic heterocycles. The summed E-state index contributed by atoms with van der Waals surface area (Å²) in [5.74, 6) is -1.03. The van der Waals surface area contributed by atoms with Crippen LogP contribution in [0, 0.1) is 0 Å². The van der Waals surface area contributed by atoms with Crippen molar-refractivity contribution >= 4 is 11.7 Å². The van der Waals surface area contributed by atoms with E-state index >= 15 is 0 Å². The number of hydrogen-bond acceptors (Lipinski definition) is 2. The topological polar surface area (TPSA) is 49.7 Å². The van der Waals surface area contributed by atoms with Crippen molar-refractivity contribution in [1.29, 1.82) is 0 Å². The number of carboxylic acids is 1. The lowest BCUT2D eigenvalue weighted by atomic mass is 10.2. The first-order chi connectivity index (χ1) is 6.18. The molecule has 1 atom stereocenters. The number of aliphatic carboxylic acids is 1. The molecule has 0 aromatic carbocycles. The standard InChI is InChI=1S/C9H10FNO2/c10-7-2-1-3-8(11-6-7)4-5-9(12)13/h1,3-5,7H,2,6H2,(H,12,13)/b5-4+. The highest BCUT2D eigenvalue weighted by molar-refractivity contribution is 6.06. The first kappa shape index (κ1) is 9.64. The Hall–Kier alpha value is -1.45. The van der Waals surface area contributed by atoms with Crippen LogP contribution >= 0.6 is 0 Å². The molecule has 70 valence electrons. The van der Waals surface area contributed by atoms with Crippen molar-refractivity contribution in [2.45, 2.75) is 12.6 Å². The Labute approximate surface area is 75.3 Å². The molecule has 3 nitrogen and oxygen atoms in total. The van der Waals surface area contributed by atoms with Crippen molar-refractivity contribution in [3.63, 3.8) is 0 Å². The van der Waals surface area contributed by atoms with Crippen LogP contribution < -0.4 is 0 Å². The van der Waals surface area contributed by atoms with E-state index in [0.29, 0.717) is 12.1 Å². The summed E-state index contributed by atoms with van der Waals surface area (Å²) in [4.78, 5) is 14.0. The minimum absolute atomic E-state index is 0.103. The smallest absolute Gasteiger partial charge is 0.328 e. The predicted molar refractivity (Wildman–Crippen MR) is 47.7 cm³/mol. The number of carboxylic acid groups (broad SMARTS) is 1. The van der Waals surface area contributed by atoms with E-state index in [-0.39, 0.29) is 6.54 Å². The Bertz CT molecular complexity index is 281. The van der Waals surface area contributed by atoms with E-state index in [2.05, 4.69) is 4.99 Å². The van der Waals surface area contributed by atoms with Gasteiger partial charge >= 0.3 is 5.97 Å². The van der Waals surface area contributed by atoms with Crippen LogP contribution in [0.5, 0.6) is 0 Å². The van der Waals surface area contributed by atoms with Gasteiger partial charge in [-0.05, 0) is 18.6 Å². The Morgan fingerprint density at radius 3 is 3.23 bits per heavy atom. The van der Waals surface area contributed by atoms with Gasteiger partial charge in [-0.3, -0.25) is 4.99 Å². The number of aliphatic imine (C=N–C) groups is 1. The van der Waals surface area contributed by atoms with Crippen molar-refractivity contribution in [2.24, 2.45) is 4.99 Å². The summed E-state index contributed by atoms with van der Waals surface area (Å²) in [5, 5.41) is 8.33. The number of hydrogen-bond donors (Lipinski definition) is 1. The van der Waals surface area contributed by atoms with Gasteiger partial charge in [-0.25, -0.2) is 9.18 Å². The Morgan fingerprint density at radius 2 is 2.54 bits per heavy atom. The van der Waals surface area contributed by atoms with Gasteiger partial charge in [0.05, 0.1) is 12.3 Å². The number of alkyl halides is 1. The van der Waals surface area contributed by atoms with Gasteiger partial charge in [-0.15, -0.1) is 0 Å². The number of rotatable bonds is 2. The van der Waals surface area contributed by atoms with Crippen LogP contribution in [-0.4, -0.2) is 29.5 Å². The minimum atomic E-state index is -1.03. The highest BCUT2D eigenvalue weighted by Crippen LogP contribution is 2.05. The molecule has 1 N–H and O–H groups in total. The summed E-state index contributed by atoms with van der Waals surface area (Å²) < 4.78 is 12.7. The van der Waals surface area contributed by atoms with Crippen molar-refractivity contribution in [1.82, 2.24) is 0 Å². The van der Waals surface area contributed by atoms with Crippen molar-refractivity contribution in [2.75, 3.05) is 6.54 Å². The minimum Gasteiger partial charge on any atom is -0.478 e. The number of carbonyl (C=O) groups is 1. The third-order valence-corrected chi connectivity index (χ3v) is 1.55. The van der Waals surface area contributed by atoms with E-state index in [9.17, 15) is 9.18 Å². The van der Waals surface area contributed by atoms with Crippen LogP contribution in [0.4, 0.5) is 4.39 Å². The molecule has 1 heterocycles.